The predicted octanol–water partition coefficient (Wildman–Crippen LogP) is 2.27. The molecule has 0 fully saturated rings. The molecule has 58 valence electrons. The lowest BCUT2D eigenvalue weighted by Gasteiger charge is -1.97. The lowest BCUT2D eigenvalue weighted by Crippen LogP contribution is -1.85. The molecule has 0 N–H and O–H groups in total. The number of nitrogens with zero attached hydrogens (tertiary/aromatic N) is 2. The minimum absolute atomic E-state index is 0.841. The normalized spacial score (nSPS) is 10.0. The van der Waals surface area contributed by atoms with Crippen molar-refractivity contribution >= 4 is 17.0 Å². The first-order valence-electron chi connectivity index (χ1n) is 3.74. The van der Waals surface area contributed by atoms with Crippen molar-refractivity contribution in [3.8, 4) is 0 Å². The second-order valence-corrected chi connectivity index (χ2v) is 2.48. The summed E-state index contributed by atoms with van der Waals surface area (Å²) in [6.07, 6.45) is 5.24. The summed E-state index contributed by atoms with van der Waals surface area (Å²) in [4.78, 5) is 8.36. The zero-order valence-corrected chi connectivity index (χ0v) is 6.57. The smallest absolute Gasteiger partial charge is 0.0958 e. The molecule has 2 aromatic heterocycles. The Morgan fingerprint density at radius 1 is 1.17 bits per heavy atom. The maximum atomic E-state index is 4.22. The summed E-state index contributed by atoms with van der Waals surface area (Å²) in [5.41, 5.74) is 1.75. The van der Waals surface area contributed by atoms with Crippen molar-refractivity contribution in [3.63, 3.8) is 0 Å². The first-order chi connectivity index (χ1) is 5.92. The van der Waals surface area contributed by atoms with Gasteiger partial charge in [-0.1, -0.05) is 12.6 Å². The van der Waals surface area contributed by atoms with E-state index in [1.165, 1.54) is 0 Å². The molecule has 0 bridgehead atoms. The lowest BCUT2D eigenvalue weighted by molar-refractivity contribution is 1.29. The van der Waals surface area contributed by atoms with Crippen LogP contribution in [0.5, 0.6) is 0 Å². The Morgan fingerprint density at radius 2 is 2.08 bits per heavy atom. The molecule has 2 nitrogen and oxygen atoms in total. The quantitative estimate of drug-likeness (QED) is 0.633. The van der Waals surface area contributed by atoms with Gasteiger partial charge in [0.2, 0.25) is 0 Å². The van der Waals surface area contributed by atoms with Gasteiger partial charge in [0.25, 0.3) is 0 Å². The number of hydrogen-bond acceptors (Lipinski definition) is 2. The van der Waals surface area contributed by atoms with Gasteiger partial charge in [-0.15, -0.1) is 0 Å². The van der Waals surface area contributed by atoms with Gasteiger partial charge in [0.1, 0.15) is 0 Å². The summed E-state index contributed by atoms with van der Waals surface area (Å²) >= 11 is 0. The molecule has 0 aliphatic carbocycles. The molecule has 2 heterocycles. The molecule has 0 aliphatic heterocycles. The van der Waals surface area contributed by atoms with Gasteiger partial charge in [-0.25, -0.2) is 0 Å². The van der Waals surface area contributed by atoms with Crippen molar-refractivity contribution in [2.45, 2.75) is 0 Å². The number of fused-ring (bicyclic) bond motifs is 1. The number of aromatic nitrogens is 2. The van der Waals surface area contributed by atoms with Gasteiger partial charge in [-0.3, -0.25) is 9.97 Å². The summed E-state index contributed by atoms with van der Waals surface area (Å²) in [6, 6.07) is 5.86. The van der Waals surface area contributed by atoms with Crippen LogP contribution in [0, 0.1) is 0 Å². The molecule has 0 amide bonds. The van der Waals surface area contributed by atoms with Crippen LogP contribution in [0.3, 0.4) is 0 Å². The second-order valence-electron chi connectivity index (χ2n) is 2.48. The first kappa shape index (κ1) is 6.98. The molecule has 0 saturated carbocycles. The van der Waals surface area contributed by atoms with Crippen LogP contribution in [0.15, 0.2) is 37.2 Å². The Morgan fingerprint density at radius 3 is 2.92 bits per heavy atom. The third-order valence-electron chi connectivity index (χ3n) is 1.74. The van der Waals surface area contributed by atoms with Crippen LogP contribution < -0.4 is 0 Å². The van der Waals surface area contributed by atoms with E-state index in [1.54, 1.807) is 18.5 Å². The monoisotopic (exact) mass is 156 g/mol. The van der Waals surface area contributed by atoms with E-state index < -0.39 is 0 Å². The Balaban J connectivity index is 2.88. The van der Waals surface area contributed by atoms with Crippen molar-refractivity contribution < 1.29 is 0 Å². The third kappa shape index (κ3) is 0.975. The van der Waals surface area contributed by atoms with E-state index in [1.807, 2.05) is 18.2 Å². The van der Waals surface area contributed by atoms with Gasteiger partial charge in [-0.2, -0.15) is 0 Å². The lowest BCUT2D eigenvalue weighted by atomic mass is 10.2. The maximum absolute atomic E-state index is 4.22. The fraction of sp³-hybridized carbons (Fsp3) is 0. The van der Waals surface area contributed by atoms with Gasteiger partial charge in [0, 0.05) is 17.8 Å². The van der Waals surface area contributed by atoms with E-state index in [0.717, 1.165) is 16.6 Å². The van der Waals surface area contributed by atoms with E-state index in [0.29, 0.717) is 0 Å². The van der Waals surface area contributed by atoms with Gasteiger partial charge in [-0.05, 0) is 18.2 Å². The fourth-order valence-corrected chi connectivity index (χ4v) is 1.17. The standard InChI is InChI=1S/C10H8N2/c1-2-9-10-8(5-7-11-9)4-3-6-12-10/h2-7H,1H2. The zero-order chi connectivity index (χ0) is 8.39. The van der Waals surface area contributed by atoms with Gasteiger partial charge < -0.3 is 0 Å². The molecule has 12 heavy (non-hydrogen) atoms. The highest BCUT2D eigenvalue weighted by atomic mass is 14.7. The average molecular weight is 156 g/mol. The first-order valence-corrected chi connectivity index (χ1v) is 3.74. The molecular weight excluding hydrogens is 148 g/mol. The van der Waals surface area contributed by atoms with Gasteiger partial charge in [0.15, 0.2) is 0 Å². The Labute approximate surface area is 70.6 Å². The van der Waals surface area contributed by atoms with Crippen LogP contribution in [0.4, 0.5) is 0 Å². The summed E-state index contributed by atoms with van der Waals surface area (Å²) in [6.45, 7) is 3.68. The summed E-state index contributed by atoms with van der Waals surface area (Å²) in [5.74, 6) is 0. The highest BCUT2D eigenvalue weighted by molar-refractivity contribution is 5.84. The summed E-state index contributed by atoms with van der Waals surface area (Å²) in [7, 11) is 0. The minimum Gasteiger partial charge on any atom is -0.255 e. The summed E-state index contributed by atoms with van der Waals surface area (Å²) < 4.78 is 0. The van der Waals surface area contributed by atoms with Crippen LogP contribution in [0.1, 0.15) is 5.69 Å². The molecule has 0 radical (unpaired) electrons. The topological polar surface area (TPSA) is 25.8 Å². The molecule has 0 spiro atoms. The van der Waals surface area contributed by atoms with Crippen molar-refractivity contribution in [1.29, 1.82) is 0 Å². The van der Waals surface area contributed by atoms with Gasteiger partial charge >= 0.3 is 0 Å². The van der Waals surface area contributed by atoms with Crippen LogP contribution in [-0.4, -0.2) is 9.97 Å². The molecular formula is C10H8N2. The van der Waals surface area contributed by atoms with Crippen LogP contribution >= 0.6 is 0 Å². The van der Waals surface area contributed by atoms with Crippen molar-refractivity contribution in [3.05, 3.63) is 42.9 Å². The molecule has 2 rings (SSSR count). The van der Waals surface area contributed by atoms with Crippen LogP contribution in [0.25, 0.3) is 17.0 Å². The number of hydrogen-bond donors (Lipinski definition) is 0. The molecule has 0 aromatic carbocycles. The minimum atomic E-state index is 0.841. The van der Waals surface area contributed by atoms with E-state index in [-0.39, 0.29) is 0 Å². The van der Waals surface area contributed by atoms with Crippen LogP contribution in [0.2, 0.25) is 0 Å². The van der Waals surface area contributed by atoms with Gasteiger partial charge in [0.05, 0.1) is 11.2 Å². The SMILES string of the molecule is C=Cc1nccc2cccnc12. The predicted molar refractivity (Wildman–Crippen MR) is 49.6 cm³/mol. The molecule has 0 atom stereocenters. The largest absolute Gasteiger partial charge is 0.255 e. The van der Waals surface area contributed by atoms with Crippen molar-refractivity contribution in [1.82, 2.24) is 9.97 Å². The Hall–Kier alpha value is -1.70. The Kier molecular flexibility index (Phi) is 1.59. The number of pyridine rings is 2. The van der Waals surface area contributed by atoms with E-state index >= 15 is 0 Å². The van der Waals surface area contributed by atoms with Crippen molar-refractivity contribution in [2.24, 2.45) is 0 Å². The van der Waals surface area contributed by atoms with E-state index in [4.69, 9.17) is 0 Å². The second kappa shape index (κ2) is 2.74. The number of rotatable bonds is 1. The van der Waals surface area contributed by atoms with E-state index in [9.17, 15) is 0 Å². The molecule has 0 aliphatic rings. The van der Waals surface area contributed by atoms with Crippen molar-refractivity contribution in [2.75, 3.05) is 0 Å². The third-order valence-corrected chi connectivity index (χ3v) is 1.74. The highest BCUT2D eigenvalue weighted by Gasteiger charge is 1.97. The molecule has 2 aromatic rings. The van der Waals surface area contributed by atoms with E-state index in [2.05, 4.69) is 16.5 Å². The van der Waals surface area contributed by atoms with Crippen LogP contribution in [-0.2, 0) is 0 Å². The fourth-order valence-electron chi connectivity index (χ4n) is 1.17. The zero-order valence-electron chi connectivity index (χ0n) is 6.57. The Bertz CT molecular complexity index is 416. The molecule has 2 heteroatoms. The highest BCUT2D eigenvalue weighted by Crippen LogP contribution is 2.13. The molecule has 0 saturated heterocycles. The maximum Gasteiger partial charge on any atom is 0.0958 e. The summed E-state index contributed by atoms with van der Waals surface area (Å²) in [5, 5.41) is 1.10. The molecule has 0 unspecified atom stereocenters. The average Bonchev–Trinajstić information content (AvgIpc) is 2.17.